The number of nitro benzene ring substituents is 1. The lowest BCUT2D eigenvalue weighted by atomic mass is 9.93. The molecule has 11 heteroatoms. The first kappa shape index (κ1) is 29.5. The van der Waals surface area contributed by atoms with E-state index in [9.17, 15) is 19.7 Å². The Balaban J connectivity index is 1.54. The summed E-state index contributed by atoms with van der Waals surface area (Å²) >= 11 is 1.17. The van der Waals surface area contributed by atoms with Crippen molar-refractivity contribution < 1.29 is 23.6 Å². The first-order valence-electron chi connectivity index (χ1n) is 14.1. The molecule has 3 heterocycles. The third kappa shape index (κ3) is 5.61. The van der Waals surface area contributed by atoms with Crippen LogP contribution in [0.4, 0.5) is 5.69 Å². The molecule has 5 aromatic rings. The number of benzene rings is 3. The molecule has 0 saturated heterocycles. The van der Waals surface area contributed by atoms with Gasteiger partial charge in [0.1, 0.15) is 17.3 Å². The zero-order chi connectivity index (χ0) is 31.7. The number of methoxy groups -OCH3 is 1. The normalized spacial score (nSPS) is 14.6. The van der Waals surface area contributed by atoms with Gasteiger partial charge in [-0.2, -0.15) is 0 Å². The number of furan rings is 1. The maximum atomic E-state index is 14.1. The molecule has 0 fully saturated rings. The van der Waals surface area contributed by atoms with Crippen molar-refractivity contribution in [2.24, 2.45) is 4.99 Å². The molecule has 10 nitrogen and oxygen atoms in total. The van der Waals surface area contributed by atoms with Gasteiger partial charge < -0.3 is 13.9 Å². The number of carbonyl (C=O) groups is 1. The van der Waals surface area contributed by atoms with Gasteiger partial charge >= 0.3 is 5.97 Å². The van der Waals surface area contributed by atoms with Crippen LogP contribution in [0.25, 0.3) is 23.1 Å². The minimum Gasteiger partial charge on any atom is -0.497 e. The number of ether oxygens (including phenoxy) is 2. The van der Waals surface area contributed by atoms with Crippen LogP contribution in [0.5, 0.6) is 5.75 Å². The molecule has 0 saturated carbocycles. The molecule has 0 amide bonds. The average molecular weight is 622 g/mol. The fourth-order valence-electron chi connectivity index (χ4n) is 5.24. The number of hydrogen-bond donors (Lipinski definition) is 0. The van der Waals surface area contributed by atoms with Gasteiger partial charge in [0.25, 0.3) is 11.2 Å². The number of aromatic nitrogens is 1. The van der Waals surface area contributed by atoms with E-state index < -0.39 is 16.9 Å². The molecule has 1 aliphatic rings. The van der Waals surface area contributed by atoms with E-state index in [1.807, 2.05) is 49.4 Å². The number of nitro groups is 1. The highest BCUT2D eigenvalue weighted by atomic mass is 32.1. The van der Waals surface area contributed by atoms with Crippen LogP contribution in [0.2, 0.25) is 0 Å². The largest absolute Gasteiger partial charge is 0.497 e. The number of carbonyl (C=O) groups excluding carboxylic acids is 1. The summed E-state index contributed by atoms with van der Waals surface area (Å²) in [5, 5.41) is 11.3. The Bertz CT molecular complexity index is 2140. The molecule has 0 aliphatic carbocycles. The summed E-state index contributed by atoms with van der Waals surface area (Å²) in [6.45, 7) is 3.71. The quantitative estimate of drug-likeness (QED) is 0.129. The van der Waals surface area contributed by atoms with Gasteiger partial charge in [0, 0.05) is 29.3 Å². The molecular formula is C34H27N3O7S. The van der Waals surface area contributed by atoms with E-state index in [1.165, 1.54) is 28.0 Å². The Kier molecular flexibility index (Phi) is 8.01. The van der Waals surface area contributed by atoms with E-state index in [0.717, 1.165) is 5.56 Å². The van der Waals surface area contributed by atoms with E-state index in [-0.39, 0.29) is 23.4 Å². The molecule has 2 aromatic heterocycles. The third-order valence-corrected chi connectivity index (χ3v) is 8.39. The maximum absolute atomic E-state index is 14.1. The van der Waals surface area contributed by atoms with Crippen molar-refractivity contribution >= 4 is 34.8 Å². The van der Waals surface area contributed by atoms with Crippen LogP contribution in [-0.4, -0.2) is 29.2 Å². The molecule has 0 N–H and O–H groups in total. The SMILES string of the molecule is CCOC(=O)C1=C(c2ccccc2)N=c2s/c(=C\c3ccc(-c4cc([N+](=O)[O-])ccc4C)o3)c(=O)n2[C@@H]1c1ccc(OC)cc1. The van der Waals surface area contributed by atoms with Crippen LogP contribution in [-0.2, 0) is 9.53 Å². The van der Waals surface area contributed by atoms with Crippen LogP contribution in [0.15, 0.2) is 105 Å². The van der Waals surface area contributed by atoms with Crippen molar-refractivity contribution in [1.29, 1.82) is 0 Å². The lowest BCUT2D eigenvalue weighted by Gasteiger charge is -2.26. The second kappa shape index (κ2) is 12.2. The second-order valence-corrected chi connectivity index (χ2v) is 11.2. The molecule has 0 bridgehead atoms. The zero-order valence-electron chi connectivity index (χ0n) is 24.6. The van der Waals surface area contributed by atoms with Crippen molar-refractivity contribution in [3.8, 4) is 17.1 Å². The van der Waals surface area contributed by atoms with Crippen LogP contribution in [0.3, 0.4) is 0 Å². The van der Waals surface area contributed by atoms with Gasteiger partial charge in [0.2, 0.25) is 0 Å². The van der Waals surface area contributed by atoms with Crippen LogP contribution < -0.4 is 19.6 Å². The van der Waals surface area contributed by atoms with E-state index in [0.29, 0.717) is 49.0 Å². The number of esters is 1. The third-order valence-electron chi connectivity index (χ3n) is 7.40. The predicted molar refractivity (Wildman–Crippen MR) is 170 cm³/mol. The molecule has 226 valence electrons. The summed E-state index contributed by atoms with van der Waals surface area (Å²) in [5.41, 5.74) is 3.02. The number of aryl methyl sites for hydroxylation is 1. The Morgan fingerprint density at radius 3 is 2.53 bits per heavy atom. The molecule has 0 radical (unpaired) electrons. The van der Waals surface area contributed by atoms with Crippen molar-refractivity contribution in [3.63, 3.8) is 0 Å². The Labute approximate surface area is 261 Å². The number of rotatable bonds is 8. The fraction of sp³-hybridized carbons (Fsp3) is 0.147. The maximum Gasteiger partial charge on any atom is 0.338 e. The summed E-state index contributed by atoms with van der Waals surface area (Å²) in [6.07, 6.45) is 1.61. The molecule has 1 aliphatic heterocycles. The van der Waals surface area contributed by atoms with E-state index >= 15 is 0 Å². The van der Waals surface area contributed by atoms with Gasteiger partial charge in [-0.3, -0.25) is 19.5 Å². The first-order chi connectivity index (χ1) is 21.8. The number of non-ortho nitro benzene ring substituents is 1. The van der Waals surface area contributed by atoms with Gasteiger partial charge in [-0.1, -0.05) is 59.9 Å². The molecular weight excluding hydrogens is 594 g/mol. The van der Waals surface area contributed by atoms with E-state index in [1.54, 1.807) is 50.4 Å². The topological polar surface area (TPSA) is 126 Å². The summed E-state index contributed by atoms with van der Waals surface area (Å²) < 4.78 is 18.7. The lowest BCUT2D eigenvalue weighted by molar-refractivity contribution is -0.384. The fourth-order valence-corrected chi connectivity index (χ4v) is 6.22. The second-order valence-electron chi connectivity index (χ2n) is 10.2. The molecule has 45 heavy (non-hydrogen) atoms. The average Bonchev–Trinajstić information content (AvgIpc) is 3.64. The molecule has 0 spiro atoms. The summed E-state index contributed by atoms with van der Waals surface area (Å²) in [4.78, 5) is 43.8. The van der Waals surface area contributed by atoms with Crippen molar-refractivity contribution in [1.82, 2.24) is 4.57 Å². The predicted octanol–water partition coefficient (Wildman–Crippen LogP) is 5.42. The van der Waals surface area contributed by atoms with Gasteiger partial charge in [0.05, 0.1) is 40.5 Å². The summed E-state index contributed by atoms with van der Waals surface area (Å²) in [5.74, 6) is 0.874. The molecule has 3 aromatic carbocycles. The molecule has 6 rings (SSSR count). The first-order valence-corrected chi connectivity index (χ1v) is 14.9. The molecule has 0 unspecified atom stereocenters. The molecule has 1 atom stereocenters. The number of thiazole rings is 1. The number of nitrogens with zero attached hydrogens (tertiary/aromatic N) is 3. The highest BCUT2D eigenvalue weighted by Gasteiger charge is 2.35. The Morgan fingerprint density at radius 1 is 1.09 bits per heavy atom. The smallest absolute Gasteiger partial charge is 0.338 e. The number of hydrogen-bond acceptors (Lipinski definition) is 9. The van der Waals surface area contributed by atoms with Gasteiger partial charge in [-0.25, -0.2) is 9.79 Å². The zero-order valence-corrected chi connectivity index (χ0v) is 25.4. The minimum absolute atomic E-state index is 0.0491. The standard InChI is InChI=1S/C34H27N3O7S/c1-4-43-33(39)29-30(21-8-6-5-7-9-21)35-34-36(31(29)22-11-14-24(42-3)15-12-22)32(38)28(45-34)19-25-16-17-27(44-25)26-18-23(37(40)41)13-10-20(26)2/h5-19,31H,4H2,1-3H3/b28-19-/t31-/m1/s1. The summed E-state index contributed by atoms with van der Waals surface area (Å²) in [7, 11) is 1.57. The van der Waals surface area contributed by atoms with E-state index in [4.69, 9.17) is 18.9 Å². The Hall–Kier alpha value is -5.55. The van der Waals surface area contributed by atoms with Gasteiger partial charge in [0.15, 0.2) is 4.80 Å². The van der Waals surface area contributed by atoms with Crippen LogP contribution >= 0.6 is 11.3 Å². The van der Waals surface area contributed by atoms with Crippen molar-refractivity contribution in [3.05, 3.63) is 143 Å². The number of fused-ring (bicyclic) bond motifs is 1. The highest BCUT2D eigenvalue weighted by molar-refractivity contribution is 7.07. The highest BCUT2D eigenvalue weighted by Crippen LogP contribution is 2.36. The van der Waals surface area contributed by atoms with Gasteiger partial charge in [-0.15, -0.1) is 0 Å². The van der Waals surface area contributed by atoms with Crippen molar-refractivity contribution in [2.45, 2.75) is 19.9 Å². The minimum atomic E-state index is -0.830. The Morgan fingerprint density at radius 2 is 1.84 bits per heavy atom. The van der Waals surface area contributed by atoms with E-state index in [2.05, 4.69) is 0 Å². The van der Waals surface area contributed by atoms with Crippen molar-refractivity contribution in [2.75, 3.05) is 13.7 Å². The summed E-state index contributed by atoms with van der Waals surface area (Å²) in [6, 6.07) is 23.6. The van der Waals surface area contributed by atoms with Gasteiger partial charge in [-0.05, 0) is 49.2 Å². The van der Waals surface area contributed by atoms with Crippen LogP contribution in [0.1, 0.15) is 35.4 Å². The monoisotopic (exact) mass is 621 g/mol. The lowest BCUT2D eigenvalue weighted by Crippen LogP contribution is -2.40. The van der Waals surface area contributed by atoms with Crippen LogP contribution in [0, 0.1) is 17.0 Å².